The van der Waals surface area contributed by atoms with Crippen molar-refractivity contribution in [2.24, 2.45) is 0 Å². The maximum atomic E-state index is 13.4. The van der Waals surface area contributed by atoms with Crippen LogP contribution in [0.1, 0.15) is 26.3 Å². The summed E-state index contributed by atoms with van der Waals surface area (Å²) in [5, 5.41) is 10.4. The van der Waals surface area contributed by atoms with Crippen LogP contribution in [0.15, 0.2) is 18.2 Å². The zero-order valence-electron chi connectivity index (χ0n) is 12.3. The quantitative estimate of drug-likeness (QED) is 0.912. The number of amides is 1. The Kier molecular flexibility index (Phi) is 4.17. The lowest BCUT2D eigenvalue weighted by atomic mass is 9.87. The third-order valence-corrected chi connectivity index (χ3v) is 3.60. The lowest BCUT2D eigenvalue weighted by molar-refractivity contribution is -0.0973. The van der Waals surface area contributed by atoms with E-state index in [2.05, 4.69) is 0 Å². The second-order valence-corrected chi connectivity index (χ2v) is 6.83. The van der Waals surface area contributed by atoms with Gasteiger partial charge in [0.25, 0.3) is 0 Å². The van der Waals surface area contributed by atoms with Gasteiger partial charge in [-0.25, -0.2) is 9.18 Å². The van der Waals surface area contributed by atoms with Gasteiger partial charge >= 0.3 is 6.09 Å². The van der Waals surface area contributed by atoms with Gasteiger partial charge in [-0.05, 0) is 32.4 Å². The summed E-state index contributed by atoms with van der Waals surface area (Å²) in [7, 11) is 0. The molecule has 1 aliphatic heterocycles. The molecule has 2 rings (SSSR count). The van der Waals surface area contributed by atoms with Crippen LogP contribution in [-0.2, 0) is 11.2 Å². The number of hydrogen-bond donors (Lipinski definition) is 1. The molecule has 0 bridgehead atoms. The standard InChI is InChI=1S/C15H19ClFNO3/c1-14(2,3)21-13(19)18-8-15(20,9-18)7-10-5-4-6-11(17)12(10)16/h4-6,20H,7-9H2,1-3H3. The Labute approximate surface area is 128 Å². The minimum Gasteiger partial charge on any atom is -0.444 e. The molecule has 1 fully saturated rings. The van der Waals surface area contributed by atoms with E-state index >= 15 is 0 Å². The van der Waals surface area contributed by atoms with Gasteiger partial charge in [0.1, 0.15) is 17.0 Å². The second kappa shape index (κ2) is 5.46. The molecular weight excluding hydrogens is 297 g/mol. The molecule has 1 saturated heterocycles. The van der Waals surface area contributed by atoms with Crippen LogP contribution in [0.4, 0.5) is 9.18 Å². The van der Waals surface area contributed by atoms with E-state index in [-0.39, 0.29) is 24.5 Å². The molecule has 0 aromatic heterocycles. The van der Waals surface area contributed by atoms with Crippen LogP contribution in [-0.4, -0.2) is 40.4 Å². The van der Waals surface area contributed by atoms with E-state index in [0.717, 1.165) is 0 Å². The Morgan fingerprint density at radius 3 is 2.67 bits per heavy atom. The van der Waals surface area contributed by atoms with Gasteiger partial charge in [-0.3, -0.25) is 0 Å². The Balaban J connectivity index is 1.96. The molecule has 116 valence electrons. The molecule has 1 N–H and O–H groups in total. The molecule has 1 amide bonds. The number of aliphatic hydroxyl groups is 1. The molecule has 0 spiro atoms. The number of nitrogens with zero attached hydrogens (tertiary/aromatic N) is 1. The third kappa shape index (κ3) is 3.86. The fraction of sp³-hybridized carbons (Fsp3) is 0.533. The van der Waals surface area contributed by atoms with E-state index in [1.54, 1.807) is 32.9 Å². The first-order valence-corrected chi connectivity index (χ1v) is 7.11. The van der Waals surface area contributed by atoms with Crippen molar-refractivity contribution in [1.82, 2.24) is 4.90 Å². The number of ether oxygens (including phenoxy) is 1. The minimum absolute atomic E-state index is 0.0154. The van der Waals surface area contributed by atoms with Crippen molar-refractivity contribution in [3.63, 3.8) is 0 Å². The van der Waals surface area contributed by atoms with Gasteiger partial charge in [-0.2, -0.15) is 0 Å². The summed E-state index contributed by atoms with van der Waals surface area (Å²) < 4.78 is 18.6. The molecule has 1 aliphatic rings. The van der Waals surface area contributed by atoms with Gasteiger partial charge in [0.15, 0.2) is 0 Å². The number of rotatable bonds is 2. The highest BCUT2D eigenvalue weighted by Gasteiger charge is 2.45. The summed E-state index contributed by atoms with van der Waals surface area (Å²) in [6.45, 7) is 5.64. The molecule has 0 radical (unpaired) electrons. The third-order valence-electron chi connectivity index (χ3n) is 3.17. The molecule has 1 heterocycles. The number of halogens is 2. The normalized spacial score (nSPS) is 17.3. The van der Waals surface area contributed by atoms with Gasteiger partial charge in [-0.15, -0.1) is 0 Å². The van der Waals surface area contributed by atoms with Gasteiger partial charge in [0.05, 0.1) is 18.1 Å². The highest BCUT2D eigenvalue weighted by atomic mass is 35.5. The predicted molar refractivity (Wildman–Crippen MR) is 77.9 cm³/mol. The van der Waals surface area contributed by atoms with Crippen LogP contribution >= 0.6 is 11.6 Å². The zero-order valence-corrected chi connectivity index (χ0v) is 13.1. The first-order valence-electron chi connectivity index (χ1n) is 6.73. The summed E-state index contributed by atoms with van der Waals surface area (Å²) in [4.78, 5) is 13.2. The Morgan fingerprint density at radius 1 is 1.48 bits per heavy atom. The first-order chi connectivity index (χ1) is 9.60. The van der Waals surface area contributed by atoms with Gasteiger partial charge in [0.2, 0.25) is 0 Å². The summed E-state index contributed by atoms with van der Waals surface area (Å²) in [5.74, 6) is -0.513. The molecule has 0 aliphatic carbocycles. The van der Waals surface area contributed by atoms with E-state index in [9.17, 15) is 14.3 Å². The zero-order chi connectivity index (χ0) is 15.8. The molecule has 1 aromatic carbocycles. The molecule has 4 nitrogen and oxygen atoms in total. The van der Waals surface area contributed by atoms with Crippen LogP contribution in [0.5, 0.6) is 0 Å². The van der Waals surface area contributed by atoms with Crippen LogP contribution in [0, 0.1) is 5.82 Å². The predicted octanol–water partition coefficient (Wildman–Crippen LogP) is 3.00. The van der Waals surface area contributed by atoms with Crippen molar-refractivity contribution in [2.45, 2.75) is 38.4 Å². The van der Waals surface area contributed by atoms with E-state index < -0.39 is 23.1 Å². The smallest absolute Gasteiger partial charge is 0.410 e. The SMILES string of the molecule is CC(C)(C)OC(=O)N1CC(O)(Cc2cccc(F)c2Cl)C1. The maximum Gasteiger partial charge on any atom is 0.410 e. The summed E-state index contributed by atoms with van der Waals surface area (Å²) in [6.07, 6.45) is -0.263. The number of β-amino-alcohol motifs (C(OH)–C–C–N with tert-alkyl or cyclic N) is 1. The number of likely N-dealkylation sites (tertiary alicyclic amines) is 1. The monoisotopic (exact) mass is 315 g/mol. The lowest BCUT2D eigenvalue weighted by Gasteiger charge is -2.46. The second-order valence-electron chi connectivity index (χ2n) is 6.45. The molecule has 21 heavy (non-hydrogen) atoms. The Morgan fingerprint density at radius 2 is 2.10 bits per heavy atom. The number of benzene rings is 1. The molecule has 0 atom stereocenters. The van der Waals surface area contributed by atoms with Crippen molar-refractivity contribution in [3.05, 3.63) is 34.6 Å². The lowest BCUT2D eigenvalue weighted by Crippen LogP contribution is -2.65. The van der Waals surface area contributed by atoms with E-state index in [0.29, 0.717) is 5.56 Å². The van der Waals surface area contributed by atoms with Crippen molar-refractivity contribution in [2.75, 3.05) is 13.1 Å². The van der Waals surface area contributed by atoms with E-state index in [1.807, 2.05) is 0 Å². The highest BCUT2D eigenvalue weighted by molar-refractivity contribution is 6.31. The summed E-state index contributed by atoms with van der Waals surface area (Å²) in [6, 6.07) is 4.48. The Hall–Kier alpha value is -1.33. The number of carbonyl (C=O) groups is 1. The fourth-order valence-electron chi connectivity index (χ4n) is 2.27. The maximum absolute atomic E-state index is 13.4. The van der Waals surface area contributed by atoms with Gasteiger partial charge in [-0.1, -0.05) is 23.7 Å². The van der Waals surface area contributed by atoms with Crippen LogP contribution < -0.4 is 0 Å². The number of carbonyl (C=O) groups excluding carboxylic acids is 1. The van der Waals surface area contributed by atoms with Crippen molar-refractivity contribution < 1.29 is 19.0 Å². The van der Waals surface area contributed by atoms with Crippen molar-refractivity contribution in [1.29, 1.82) is 0 Å². The average Bonchev–Trinajstić information content (AvgIpc) is 2.29. The Bertz CT molecular complexity index is 550. The highest BCUT2D eigenvalue weighted by Crippen LogP contribution is 2.30. The summed E-state index contributed by atoms with van der Waals surface area (Å²) >= 11 is 5.88. The molecule has 0 unspecified atom stereocenters. The topological polar surface area (TPSA) is 49.8 Å². The van der Waals surface area contributed by atoms with Crippen molar-refractivity contribution in [3.8, 4) is 0 Å². The molecule has 6 heteroatoms. The molecule has 1 aromatic rings. The first kappa shape index (κ1) is 16.0. The van der Waals surface area contributed by atoms with Crippen LogP contribution in [0.3, 0.4) is 0 Å². The van der Waals surface area contributed by atoms with Gasteiger partial charge in [0, 0.05) is 6.42 Å². The van der Waals surface area contributed by atoms with E-state index in [1.165, 1.54) is 11.0 Å². The molecular formula is C15H19ClFNO3. The van der Waals surface area contributed by atoms with Crippen LogP contribution in [0.25, 0.3) is 0 Å². The average molecular weight is 316 g/mol. The van der Waals surface area contributed by atoms with Crippen molar-refractivity contribution >= 4 is 17.7 Å². The van der Waals surface area contributed by atoms with Crippen LogP contribution in [0.2, 0.25) is 5.02 Å². The van der Waals surface area contributed by atoms with E-state index in [4.69, 9.17) is 16.3 Å². The largest absolute Gasteiger partial charge is 0.444 e. The summed E-state index contributed by atoms with van der Waals surface area (Å²) in [5.41, 5.74) is -1.13. The number of hydrogen-bond acceptors (Lipinski definition) is 3. The fourth-order valence-corrected chi connectivity index (χ4v) is 2.46. The molecule has 0 saturated carbocycles. The van der Waals surface area contributed by atoms with Gasteiger partial charge < -0.3 is 14.7 Å². The minimum atomic E-state index is -1.09.